The highest BCUT2D eigenvalue weighted by Gasteiger charge is 2.79. The lowest BCUT2D eigenvalue weighted by Gasteiger charge is -2.37. The highest BCUT2D eigenvalue weighted by molar-refractivity contribution is 6.23. The van der Waals surface area contributed by atoms with E-state index in [1.165, 1.54) is 19.9 Å². The van der Waals surface area contributed by atoms with Crippen molar-refractivity contribution in [2.45, 2.75) is 37.3 Å². The summed E-state index contributed by atoms with van der Waals surface area (Å²) in [5, 5.41) is 29.2. The molecule has 3 heterocycles. The number of ether oxygens (including phenoxy) is 1. The zero-order chi connectivity index (χ0) is 21.5. The van der Waals surface area contributed by atoms with Crippen molar-refractivity contribution in [1.82, 2.24) is 0 Å². The number of benzene rings is 1. The summed E-state index contributed by atoms with van der Waals surface area (Å²) in [5.74, 6) is -4.50. The Morgan fingerprint density at radius 2 is 1.79 bits per heavy atom. The van der Waals surface area contributed by atoms with Crippen molar-refractivity contribution in [3.8, 4) is 6.07 Å². The molecule has 6 atom stereocenters. The SMILES string of the molecule is CC12OC(C)([C@H](O)[C@H]1CO)[C@H]1C(=O)N(c3ccc(C#N)c(C(F)(F)F)c3)C(=O)[C@H]12. The zero-order valence-electron chi connectivity index (χ0n) is 15.4. The molecule has 2 N–H and O–H groups in total. The number of nitrogens with zero attached hydrogens (tertiary/aromatic N) is 2. The molecule has 4 rings (SSSR count). The number of carbonyl (C=O) groups is 2. The Morgan fingerprint density at radius 3 is 2.31 bits per heavy atom. The smallest absolute Gasteiger partial charge is 0.396 e. The monoisotopic (exact) mass is 410 g/mol. The molecule has 2 unspecified atom stereocenters. The summed E-state index contributed by atoms with van der Waals surface area (Å²) in [5.41, 5.74) is -4.97. The maximum absolute atomic E-state index is 13.3. The second-order valence-corrected chi connectivity index (χ2v) is 8.01. The lowest BCUT2D eigenvalue weighted by atomic mass is 9.62. The Balaban J connectivity index is 1.82. The van der Waals surface area contributed by atoms with Gasteiger partial charge in [0.25, 0.3) is 0 Å². The second-order valence-electron chi connectivity index (χ2n) is 8.01. The van der Waals surface area contributed by atoms with Gasteiger partial charge in [0.05, 0.1) is 53.0 Å². The van der Waals surface area contributed by atoms with E-state index in [4.69, 9.17) is 10.00 Å². The highest BCUT2D eigenvalue weighted by Crippen LogP contribution is 2.63. The van der Waals surface area contributed by atoms with Gasteiger partial charge < -0.3 is 14.9 Å². The van der Waals surface area contributed by atoms with Crippen LogP contribution in [-0.2, 0) is 20.5 Å². The van der Waals surface area contributed by atoms with Gasteiger partial charge in [-0.05, 0) is 32.0 Å². The molecule has 1 aromatic carbocycles. The number of hydrogen-bond acceptors (Lipinski definition) is 6. The second kappa shape index (κ2) is 5.78. The number of carbonyl (C=O) groups excluding carboxylic acids is 2. The van der Waals surface area contributed by atoms with Gasteiger partial charge in [-0.1, -0.05) is 0 Å². The van der Waals surface area contributed by atoms with Crippen molar-refractivity contribution >= 4 is 17.5 Å². The van der Waals surface area contributed by atoms with E-state index < -0.39 is 70.8 Å². The van der Waals surface area contributed by atoms with Crippen molar-refractivity contribution in [1.29, 1.82) is 5.26 Å². The van der Waals surface area contributed by atoms with Crippen molar-refractivity contribution in [2.75, 3.05) is 11.5 Å². The molecule has 3 fully saturated rings. The molecular formula is C19H17F3N2O5. The molecule has 154 valence electrons. The van der Waals surface area contributed by atoms with Crippen molar-refractivity contribution in [2.24, 2.45) is 17.8 Å². The Labute approximate surface area is 163 Å². The van der Waals surface area contributed by atoms with Crippen molar-refractivity contribution < 1.29 is 37.7 Å². The number of aliphatic hydroxyl groups is 2. The molecule has 2 bridgehead atoms. The van der Waals surface area contributed by atoms with Crippen LogP contribution >= 0.6 is 0 Å². The van der Waals surface area contributed by atoms with Crippen LogP contribution < -0.4 is 4.90 Å². The molecule has 0 saturated carbocycles. The van der Waals surface area contributed by atoms with Crippen LogP contribution in [-0.4, -0.2) is 45.9 Å². The van der Waals surface area contributed by atoms with Gasteiger partial charge in [0, 0.05) is 5.92 Å². The number of hydrogen-bond donors (Lipinski definition) is 2. The summed E-state index contributed by atoms with van der Waals surface area (Å²) in [7, 11) is 0. The van der Waals surface area contributed by atoms with Gasteiger partial charge in [-0.15, -0.1) is 0 Å². The number of halogens is 3. The van der Waals surface area contributed by atoms with Gasteiger partial charge in [0.2, 0.25) is 11.8 Å². The average molecular weight is 410 g/mol. The topological polar surface area (TPSA) is 111 Å². The summed E-state index contributed by atoms with van der Waals surface area (Å²) in [4.78, 5) is 26.9. The van der Waals surface area contributed by atoms with Crippen LogP contribution in [0.15, 0.2) is 18.2 Å². The van der Waals surface area contributed by atoms with E-state index >= 15 is 0 Å². The first-order chi connectivity index (χ1) is 13.4. The summed E-state index contributed by atoms with van der Waals surface area (Å²) >= 11 is 0. The molecule has 0 aliphatic carbocycles. The minimum absolute atomic E-state index is 0.303. The number of nitriles is 1. The summed E-state index contributed by atoms with van der Waals surface area (Å²) in [6, 6.07) is 4.07. The predicted molar refractivity (Wildman–Crippen MR) is 90.1 cm³/mol. The van der Waals surface area contributed by atoms with Gasteiger partial charge in [0.15, 0.2) is 0 Å². The fourth-order valence-corrected chi connectivity index (χ4v) is 5.23. The van der Waals surface area contributed by atoms with E-state index in [-0.39, 0.29) is 5.69 Å². The fraction of sp³-hybridized carbons (Fsp3) is 0.526. The molecule has 3 saturated heterocycles. The first-order valence-corrected chi connectivity index (χ1v) is 8.90. The molecule has 2 amide bonds. The Hall–Kier alpha value is -2.48. The van der Waals surface area contributed by atoms with Crippen LogP contribution in [0.3, 0.4) is 0 Å². The summed E-state index contributed by atoms with van der Waals surface area (Å²) in [6.45, 7) is 2.50. The molecule has 0 aromatic heterocycles. The Bertz CT molecular complexity index is 974. The number of anilines is 1. The maximum Gasteiger partial charge on any atom is 0.417 e. The fourth-order valence-electron chi connectivity index (χ4n) is 5.23. The van der Waals surface area contributed by atoms with E-state index in [1.807, 2.05) is 0 Å². The van der Waals surface area contributed by atoms with Crippen LogP contribution in [0.25, 0.3) is 0 Å². The van der Waals surface area contributed by atoms with Crippen LogP contribution in [0.1, 0.15) is 25.0 Å². The molecular weight excluding hydrogens is 393 g/mol. The molecule has 3 aliphatic heterocycles. The standard InChI is InChI=1S/C19H17F3N2O5/c1-17-11(7-25)14(26)18(2,29-17)13-12(17)15(27)24(16(13)28)9-4-3-8(6-23)10(5-9)19(20,21)22/h3-5,11-14,25-26H,7H2,1-2H3/t11-,12+,13-,14-,17?,18?/m1/s1. The van der Waals surface area contributed by atoms with E-state index in [0.29, 0.717) is 11.0 Å². The summed E-state index contributed by atoms with van der Waals surface area (Å²) in [6.07, 6.45) is -6.07. The van der Waals surface area contributed by atoms with Gasteiger partial charge >= 0.3 is 6.18 Å². The first kappa shape index (κ1) is 19.8. The normalized spacial score (nSPS) is 38.5. The minimum atomic E-state index is -4.85. The lowest BCUT2D eigenvalue weighted by molar-refractivity contribution is -0.138. The minimum Gasteiger partial charge on any atom is -0.396 e. The zero-order valence-corrected chi connectivity index (χ0v) is 15.4. The number of alkyl halides is 3. The molecule has 1 aromatic rings. The van der Waals surface area contributed by atoms with E-state index in [1.54, 1.807) is 0 Å². The Kier molecular flexibility index (Phi) is 3.95. The molecule has 0 spiro atoms. The van der Waals surface area contributed by atoms with Crippen LogP contribution in [0.4, 0.5) is 18.9 Å². The number of aliphatic hydroxyl groups excluding tert-OH is 2. The third-order valence-electron chi connectivity index (χ3n) is 6.57. The van der Waals surface area contributed by atoms with Crippen LogP contribution in [0.2, 0.25) is 0 Å². The van der Waals surface area contributed by atoms with Gasteiger partial charge in [-0.25, -0.2) is 4.90 Å². The van der Waals surface area contributed by atoms with Gasteiger partial charge in [-0.3, -0.25) is 9.59 Å². The van der Waals surface area contributed by atoms with Crippen LogP contribution in [0, 0.1) is 29.1 Å². The molecule has 3 aliphatic rings. The molecule has 0 radical (unpaired) electrons. The van der Waals surface area contributed by atoms with Crippen molar-refractivity contribution in [3.63, 3.8) is 0 Å². The quantitative estimate of drug-likeness (QED) is 0.710. The van der Waals surface area contributed by atoms with Gasteiger partial charge in [0.1, 0.15) is 5.60 Å². The van der Waals surface area contributed by atoms with Crippen LogP contribution in [0.5, 0.6) is 0 Å². The van der Waals surface area contributed by atoms with E-state index in [0.717, 1.165) is 12.1 Å². The molecule has 10 heteroatoms. The maximum atomic E-state index is 13.3. The lowest BCUT2D eigenvalue weighted by Crippen LogP contribution is -2.55. The number of rotatable bonds is 2. The highest BCUT2D eigenvalue weighted by atomic mass is 19.4. The number of fused-ring (bicyclic) bond motifs is 5. The third kappa shape index (κ3) is 2.29. The van der Waals surface area contributed by atoms with Gasteiger partial charge in [-0.2, -0.15) is 18.4 Å². The Morgan fingerprint density at radius 1 is 1.21 bits per heavy atom. The molecule has 7 nitrogen and oxygen atoms in total. The number of amides is 2. The first-order valence-electron chi connectivity index (χ1n) is 8.90. The van der Waals surface area contributed by atoms with E-state index in [2.05, 4.69) is 0 Å². The third-order valence-corrected chi connectivity index (χ3v) is 6.57. The summed E-state index contributed by atoms with van der Waals surface area (Å²) < 4.78 is 45.8. The predicted octanol–water partition coefficient (Wildman–Crippen LogP) is 1.21. The molecule has 29 heavy (non-hydrogen) atoms. The van der Waals surface area contributed by atoms with Crippen molar-refractivity contribution in [3.05, 3.63) is 29.3 Å². The average Bonchev–Trinajstić information content (AvgIpc) is 3.13. The largest absolute Gasteiger partial charge is 0.417 e. The number of imide groups is 1. The van der Waals surface area contributed by atoms with E-state index in [9.17, 15) is 33.0 Å².